The Labute approximate surface area is 157 Å². The van der Waals surface area contributed by atoms with Crippen LogP contribution in [0.3, 0.4) is 0 Å². The van der Waals surface area contributed by atoms with E-state index in [0.29, 0.717) is 18.1 Å². The van der Waals surface area contributed by atoms with Crippen LogP contribution >= 0.6 is 11.8 Å². The zero-order valence-electron chi connectivity index (χ0n) is 15.3. The van der Waals surface area contributed by atoms with Crippen molar-refractivity contribution in [3.05, 3.63) is 59.9 Å². The molecule has 0 fully saturated rings. The third-order valence-electron chi connectivity index (χ3n) is 4.12. The second kappa shape index (κ2) is 8.42. The van der Waals surface area contributed by atoms with Gasteiger partial charge in [-0.2, -0.15) is 0 Å². The van der Waals surface area contributed by atoms with Crippen molar-refractivity contribution < 1.29 is 9.21 Å². The molecule has 1 unspecified atom stereocenters. The maximum Gasteiger partial charge on any atom is 0.230 e. The Morgan fingerprint density at radius 2 is 2.19 bits per heavy atom. The van der Waals surface area contributed by atoms with Crippen LogP contribution in [0.25, 0.3) is 5.65 Å². The minimum absolute atomic E-state index is 0.0213. The zero-order chi connectivity index (χ0) is 18.5. The number of aromatic nitrogens is 2. The molecule has 3 rings (SSSR count). The Balaban J connectivity index is 1.46. The van der Waals surface area contributed by atoms with Gasteiger partial charge in [0.2, 0.25) is 5.91 Å². The molecule has 6 nitrogen and oxygen atoms in total. The summed E-state index contributed by atoms with van der Waals surface area (Å²) in [6.07, 6.45) is 5.73. The SMILES string of the molecule is Cc1ccc2nc(CSCC(=O)NCC(c3ccco3)N(C)C)cn2c1. The molecule has 0 aromatic carbocycles. The van der Waals surface area contributed by atoms with Crippen molar-refractivity contribution in [1.82, 2.24) is 19.6 Å². The van der Waals surface area contributed by atoms with Crippen LogP contribution in [0.2, 0.25) is 0 Å². The van der Waals surface area contributed by atoms with E-state index in [1.54, 1.807) is 18.0 Å². The monoisotopic (exact) mass is 372 g/mol. The number of nitrogens with zero attached hydrogens (tertiary/aromatic N) is 3. The second-order valence-corrected chi connectivity index (χ2v) is 7.48. The Morgan fingerprint density at radius 3 is 2.92 bits per heavy atom. The summed E-state index contributed by atoms with van der Waals surface area (Å²) in [7, 11) is 3.94. The molecular weight excluding hydrogens is 348 g/mol. The van der Waals surface area contributed by atoms with Gasteiger partial charge >= 0.3 is 0 Å². The molecule has 7 heteroatoms. The molecule has 0 spiro atoms. The number of thioether (sulfide) groups is 1. The van der Waals surface area contributed by atoms with E-state index < -0.39 is 0 Å². The van der Waals surface area contributed by atoms with E-state index in [1.807, 2.05) is 53.9 Å². The normalized spacial score (nSPS) is 12.6. The molecule has 3 aromatic heterocycles. The summed E-state index contributed by atoms with van der Waals surface area (Å²) in [5.74, 6) is 1.99. The minimum Gasteiger partial charge on any atom is -0.468 e. The smallest absolute Gasteiger partial charge is 0.230 e. The number of carbonyl (C=O) groups excluding carboxylic acids is 1. The highest BCUT2D eigenvalue weighted by Gasteiger charge is 2.17. The molecular formula is C19H24N4O2S. The zero-order valence-corrected chi connectivity index (χ0v) is 16.1. The average molecular weight is 372 g/mol. The number of fused-ring (bicyclic) bond motifs is 1. The number of nitrogens with one attached hydrogen (secondary N) is 1. The van der Waals surface area contributed by atoms with E-state index in [-0.39, 0.29) is 11.9 Å². The van der Waals surface area contributed by atoms with Gasteiger partial charge in [0.1, 0.15) is 11.4 Å². The number of aryl methyl sites for hydroxylation is 1. The highest BCUT2D eigenvalue weighted by atomic mass is 32.2. The van der Waals surface area contributed by atoms with Crippen molar-refractivity contribution in [1.29, 1.82) is 0 Å². The standard InChI is InChI=1S/C19H24N4O2S/c1-14-6-7-18-21-15(11-23(18)10-14)12-26-13-19(24)20-9-16(22(2)3)17-5-4-8-25-17/h4-8,10-11,16H,9,12-13H2,1-3H3,(H,20,24). The van der Waals surface area contributed by atoms with E-state index in [1.165, 1.54) is 5.56 Å². The fourth-order valence-corrected chi connectivity index (χ4v) is 3.49. The number of imidazole rings is 1. The maximum absolute atomic E-state index is 12.1. The summed E-state index contributed by atoms with van der Waals surface area (Å²) in [4.78, 5) is 18.7. The molecule has 1 N–H and O–H groups in total. The molecule has 1 amide bonds. The Hall–Kier alpha value is -2.25. The third kappa shape index (κ3) is 4.68. The first kappa shape index (κ1) is 18.5. The molecule has 138 valence electrons. The van der Waals surface area contributed by atoms with Gasteiger partial charge < -0.3 is 14.1 Å². The number of furan rings is 1. The predicted molar refractivity (Wildman–Crippen MR) is 104 cm³/mol. The van der Waals surface area contributed by atoms with E-state index >= 15 is 0 Å². The first-order valence-electron chi connectivity index (χ1n) is 8.51. The van der Waals surface area contributed by atoms with Gasteiger partial charge in [0.05, 0.1) is 23.8 Å². The molecule has 3 heterocycles. The molecule has 26 heavy (non-hydrogen) atoms. The van der Waals surface area contributed by atoms with Crippen LogP contribution < -0.4 is 5.32 Å². The second-order valence-electron chi connectivity index (χ2n) is 6.50. The lowest BCUT2D eigenvalue weighted by Gasteiger charge is -2.22. The van der Waals surface area contributed by atoms with Crippen molar-refractivity contribution in [3.8, 4) is 0 Å². The van der Waals surface area contributed by atoms with Gasteiger partial charge in [-0.05, 0) is 44.8 Å². The van der Waals surface area contributed by atoms with Crippen molar-refractivity contribution in [3.63, 3.8) is 0 Å². The minimum atomic E-state index is 0.0213. The topological polar surface area (TPSA) is 62.8 Å². The average Bonchev–Trinajstić information content (AvgIpc) is 3.24. The summed E-state index contributed by atoms with van der Waals surface area (Å²) in [6, 6.07) is 7.87. The number of hydrogen-bond donors (Lipinski definition) is 1. The summed E-state index contributed by atoms with van der Waals surface area (Å²) in [5, 5.41) is 2.99. The lowest BCUT2D eigenvalue weighted by atomic mass is 10.2. The van der Waals surface area contributed by atoms with E-state index in [9.17, 15) is 4.79 Å². The Morgan fingerprint density at radius 1 is 1.35 bits per heavy atom. The maximum atomic E-state index is 12.1. The number of hydrogen-bond acceptors (Lipinski definition) is 5. The first-order chi connectivity index (χ1) is 12.5. The number of likely N-dealkylation sites (N-methyl/N-ethyl adjacent to an activating group) is 1. The van der Waals surface area contributed by atoms with Gasteiger partial charge in [-0.15, -0.1) is 11.8 Å². The fourth-order valence-electron chi connectivity index (χ4n) is 2.75. The van der Waals surface area contributed by atoms with Crippen molar-refractivity contribution in [2.45, 2.75) is 18.7 Å². The summed E-state index contributed by atoms with van der Waals surface area (Å²) >= 11 is 1.57. The Kier molecular flexibility index (Phi) is 6.00. The van der Waals surface area contributed by atoms with Crippen LogP contribution in [0.4, 0.5) is 0 Å². The van der Waals surface area contributed by atoms with Crippen molar-refractivity contribution >= 4 is 23.3 Å². The lowest BCUT2D eigenvalue weighted by molar-refractivity contribution is -0.118. The molecule has 0 bridgehead atoms. The fraction of sp³-hybridized carbons (Fsp3) is 0.368. The first-order valence-corrected chi connectivity index (χ1v) is 9.67. The molecule has 0 aliphatic heterocycles. The Bertz CT molecular complexity index is 858. The van der Waals surface area contributed by atoms with Gasteiger partial charge in [-0.25, -0.2) is 4.98 Å². The third-order valence-corrected chi connectivity index (χ3v) is 5.09. The van der Waals surface area contributed by atoms with Gasteiger partial charge in [-0.3, -0.25) is 9.69 Å². The molecule has 3 aromatic rings. The summed E-state index contributed by atoms with van der Waals surface area (Å²) in [5.41, 5.74) is 3.11. The quantitative estimate of drug-likeness (QED) is 0.659. The summed E-state index contributed by atoms with van der Waals surface area (Å²) < 4.78 is 7.48. The van der Waals surface area contributed by atoms with Crippen LogP contribution in [-0.2, 0) is 10.5 Å². The summed E-state index contributed by atoms with van der Waals surface area (Å²) in [6.45, 7) is 2.58. The van der Waals surface area contributed by atoms with Crippen LogP contribution in [0.5, 0.6) is 0 Å². The van der Waals surface area contributed by atoms with Gasteiger partial charge in [0.15, 0.2) is 0 Å². The van der Waals surface area contributed by atoms with Crippen LogP contribution in [0.15, 0.2) is 47.3 Å². The number of carbonyl (C=O) groups is 1. The highest BCUT2D eigenvalue weighted by Crippen LogP contribution is 2.18. The molecule has 0 aliphatic carbocycles. The van der Waals surface area contributed by atoms with E-state index in [0.717, 1.165) is 17.1 Å². The predicted octanol–water partition coefficient (Wildman–Crippen LogP) is 2.89. The molecule has 0 saturated heterocycles. The number of pyridine rings is 1. The number of rotatable bonds is 8. The van der Waals surface area contributed by atoms with Crippen LogP contribution in [-0.4, -0.2) is 46.6 Å². The van der Waals surface area contributed by atoms with E-state index in [4.69, 9.17) is 4.42 Å². The molecule has 0 radical (unpaired) electrons. The van der Waals surface area contributed by atoms with Crippen molar-refractivity contribution in [2.24, 2.45) is 0 Å². The van der Waals surface area contributed by atoms with Crippen LogP contribution in [0.1, 0.15) is 23.1 Å². The largest absolute Gasteiger partial charge is 0.468 e. The van der Waals surface area contributed by atoms with Crippen LogP contribution in [0, 0.1) is 6.92 Å². The lowest BCUT2D eigenvalue weighted by Crippen LogP contribution is -2.35. The molecule has 0 aliphatic rings. The van der Waals surface area contributed by atoms with Gasteiger partial charge in [-0.1, -0.05) is 6.07 Å². The highest BCUT2D eigenvalue weighted by molar-refractivity contribution is 7.99. The molecule has 0 saturated carbocycles. The molecule has 1 atom stereocenters. The van der Waals surface area contributed by atoms with Gasteiger partial charge in [0, 0.05) is 24.7 Å². The number of amides is 1. The van der Waals surface area contributed by atoms with Gasteiger partial charge in [0.25, 0.3) is 0 Å². The van der Waals surface area contributed by atoms with E-state index in [2.05, 4.69) is 23.4 Å². The van der Waals surface area contributed by atoms with Crippen molar-refractivity contribution in [2.75, 3.05) is 26.4 Å².